The van der Waals surface area contributed by atoms with Crippen molar-refractivity contribution < 1.29 is 9.53 Å². The Morgan fingerprint density at radius 1 is 1.62 bits per heavy atom. The van der Waals surface area contributed by atoms with Crippen LogP contribution in [0.2, 0.25) is 0 Å². The van der Waals surface area contributed by atoms with Crippen molar-refractivity contribution in [1.29, 1.82) is 0 Å². The van der Waals surface area contributed by atoms with E-state index in [-0.39, 0.29) is 5.97 Å². The van der Waals surface area contributed by atoms with Crippen molar-refractivity contribution in [2.75, 3.05) is 13.2 Å². The highest BCUT2D eigenvalue weighted by Gasteiger charge is 1.99. The van der Waals surface area contributed by atoms with Crippen molar-refractivity contribution in [3.8, 4) is 0 Å². The molecular weight excluding hydrogens is 166 g/mol. The van der Waals surface area contributed by atoms with Crippen LogP contribution in [0.4, 0.5) is 0 Å². The molecular formula is C10H17NO2. The normalized spacial score (nSPS) is 11.1. The Kier molecular flexibility index (Phi) is 6.92. The number of hydrogen-bond donors (Lipinski definition) is 1. The number of nitrogens with two attached hydrogens (primary N) is 1. The fourth-order valence-corrected chi connectivity index (χ4v) is 0.871. The SMILES string of the molecule is C=CCCC(=CC(=O)OCC)CN. The lowest BCUT2D eigenvalue weighted by atomic mass is 10.1. The summed E-state index contributed by atoms with van der Waals surface area (Å²) in [6.45, 7) is 6.17. The lowest BCUT2D eigenvalue weighted by molar-refractivity contribution is -0.137. The van der Waals surface area contributed by atoms with Gasteiger partial charge in [0.15, 0.2) is 0 Å². The van der Waals surface area contributed by atoms with Crippen LogP contribution in [0.3, 0.4) is 0 Å². The van der Waals surface area contributed by atoms with Crippen molar-refractivity contribution >= 4 is 5.97 Å². The summed E-state index contributed by atoms with van der Waals surface area (Å²) in [7, 11) is 0. The number of allylic oxidation sites excluding steroid dienone is 1. The monoisotopic (exact) mass is 183 g/mol. The maximum Gasteiger partial charge on any atom is 0.330 e. The first-order valence-corrected chi connectivity index (χ1v) is 4.41. The zero-order valence-electron chi connectivity index (χ0n) is 8.08. The zero-order chi connectivity index (χ0) is 10.1. The van der Waals surface area contributed by atoms with Crippen molar-refractivity contribution in [3.05, 3.63) is 24.3 Å². The molecule has 74 valence electrons. The van der Waals surface area contributed by atoms with E-state index in [4.69, 9.17) is 10.5 Å². The number of rotatable bonds is 6. The van der Waals surface area contributed by atoms with Crippen molar-refractivity contribution in [3.63, 3.8) is 0 Å². The van der Waals surface area contributed by atoms with Gasteiger partial charge in [0.05, 0.1) is 6.61 Å². The molecule has 0 heterocycles. The van der Waals surface area contributed by atoms with E-state index in [0.29, 0.717) is 13.2 Å². The van der Waals surface area contributed by atoms with Gasteiger partial charge in [0.2, 0.25) is 0 Å². The number of esters is 1. The largest absolute Gasteiger partial charge is 0.463 e. The van der Waals surface area contributed by atoms with Gasteiger partial charge in [-0.05, 0) is 25.3 Å². The predicted molar refractivity (Wildman–Crippen MR) is 53.2 cm³/mol. The molecule has 2 N–H and O–H groups in total. The van der Waals surface area contributed by atoms with Crippen LogP contribution in [0.25, 0.3) is 0 Å². The Morgan fingerprint density at radius 2 is 2.31 bits per heavy atom. The van der Waals surface area contributed by atoms with E-state index >= 15 is 0 Å². The second kappa shape index (κ2) is 7.55. The minimum Gasteiger partial charge on any atom is -0.463 e. The van der Waals surface area contributed by atoms with Crippen molar-refractivity contribution in [2.24, 2.45) is 5.73 Å². The minimum absolute atomic E-state index is 0.313. The van der Waals surface area contributed by atoms with Gasteiger partial charge in [0.1, 0.15) is 0 Å². The van der Waals surface area contributed by atoms with Crippen LogP contribution >= 0.6 is 0 Å². The first kappa shape index (κ1) is 11.9. The summed E-state index contributed by atoms with van der Waals surface area (Å²) in [5.74, 6) is -0.313. The first-order chi connectivity index (χ1) is 6.24. The number of carbonyl (C=O) groups is 1. The van der Waals surface area contributed by atoms with Crippen LogP contribution in [0.15, 0.2) is 24.3 Å². The second-order valence-electron chi connectivity index (χ2n) is 2.59. The number of hydrogen-bond acceptors (Lipinski definition) is 3. The van der Waals surface area contributed by atoms with Gasteiger partial charge in [0, 0.05) is 12.6 Å². The van der Waals surface area contributed by atoms with E-state index in [1.165, 1.54) is 6.08 Å². The van der Waals surface area contributed by atoms with Gasteiger partial charge in [-0.3, -0.25) is 0 Å². The molecule has 0 aliphatic heterocycles. The summed E-state index contributed by atoms with van der Waals surface area (Å²) in [6, 6.07) is 0. The van der Waals surface area contributed by atoms with Crippen LogP contribution in [0, 0.1) is 0 Å². The molecule has 0 rings (SSSR count). The van der Waals surface area contributed by atoms with Gasteiger partial charge < -0.3 is 10.5 Å². The van der Waals surface area contributed by atoms with E-state index in [2.05, 4.69) is 6.58 Å². The van der Waals surface area contributed by atoms with E-state index < -0.39 is 0 Å². The molecule has 0 aliphatic rings. The van der Waals surface area contributed by atoms with E-state index in [1.54, 1.807) is 13.0 Å². The van der Waals surface area contributed by atoms with E-state index in [9.17, 15) is 4.79 Å². The van der Waals surface area contributed by atoms with Crippen LogP contribution < -0.4 is 5.73 Å². The third kappa shape index (κ3) is 6.11. The van der Waals surface area contributed by atoms with Crippen molar-refractivity contribution in [2.45, 2.75) is 19.8 Å². The molecule has 0 saturated carbocycles. The maximum absolute atomic E-state index is 11.0. The third-order valence-corrected chi connectivity index (χ3v) is 1.54. The quantitative estimate of drug-likeness (QED) is 0.385. The molecule has 0 aromatic carbocycles. The van der Waals surface area contributed by atoms with Crippen LogP contribution in [-0.2, 0) is 9.53 Å². The van der Waals surface area contributed by atoms with Crippen LogP contribution in [0.5, 0.6) is 0 Å². The van der Waals surface area contributed by atoms with Gasteiger partial charge in [0.25, 0.3) is 0 Å². The highest BCUT2D eigenvalue weighted by molar-refractivity contribution is 5.82. The molecule has 0 aromatic rings. The average Bonchev–Trinajstić information content (AvgIpc) is 2.12. The smallest absolute Gasteiger partial charge is 0.330 e. The molecule has 0 unspecified atom stereocenters. The second-order valence-corrected chi connectivity index (χ2v) is 2.59. The molecule has 0 saturated heterocycles. The Balaban J connectivity index is 4.03. The first-order valence-electron chi connectivity index (χ1n) is 4.41. The Morgan fingerprint density at radius 3 is 2.77 bits per heavy atom. The highest BCUT2D eigenvalue weighted by atomic mass is 16.5. The molecule has 0 aliphatic carbocycles. The number of carbonyl (C=O) groups excluding carboxylic acids is 1. The van der Waals surface area contributed by atoms with E-state index in [0.717, 1.165) is 18.4 Å². The molecule has 0 fully saturated rings. The van der Waals surface area contributed by atoms with Gasteiger partial charge >= 0.3 is 5.97 Å². The van der Waals surface area contributed by atoms with Crippen molar-refractivity contribution in [1.82, 2.24) is 0 Å². The summed E-state index contributed by atoms with van der Waals surface area (Å²) < 4.78 is 4.76. The molecule has 0 bridgehead atoms. The molecule has 0 spiro atoms. The molecule has 13 heavy (non-hydrogen) atoms. The minimum atomic E-state index is -0.313. The Hall–Kier alpha value is -1.09. The molecule has 0 radical (unpaired) electrons. The summed E-state index contributed by atoms with van der Waals surface area (Å²) in [6.07, 6.45) is 4.88. The maximum atomic E-state index is 11.0. The molecule has 3 heteroatoms. The number of ether oxygens (including phenoxy) is 1. The summed E-state index contributed by atoms with van der Waals surface area (Å²) in [5.41, 5.74) is 6.35. The predicted octanol–water partition coefficient (Wildman–Crippen LogP) is 1.40. The lowest BCUT2D eigenvalue weighted by Crippen LogP contribution is -2.07. The summed E-state index contributed by atoms with van der Waals surface area (Å²) >= 11 is 0. The summed E-state index contributed by atoms with van der Waals surface area (Å²) in [5, 5.41) is 0. The lowest BCUT2D eigenvalue weighted by Gasteiger charge is -2.02. The van der Waals surface area contributed by atoms with Gasteiger partial charge in [-0.2, -0.15) is 0 Å². The van der Waals surface area contributed by atoms with Crippen LogP contribution in [0.1, 0.15) is 19.8 Å². The average molecular weight is 183 g/mol. The fourth-order valence-electron chi connectivity index (χ4n) is 0.871. The third-order valence-electron chi connectivity index (χ3n) is 1.54. The van der Waals surface area contributed by atoms with E-state index in [1.807, 2.05) is 0 Å². The molecule has 3 nitrogen and oxygen atoms in total. The Bertz CT molecular complexity index is 197. The Labute approximate surface area is 79.3 Å². The van der Waals surface area contributed by atoms with Crippen LogP contribution in [-0.4, -0.2) is 19.1 Å². The van der Waals surface area contributed by atoms with Gasteiger partial charge in [-0.15, -0.1) is 6.58 Å². The highest BCUT2D eigenvalue weighted by Crippen LogP contribution is 2.03. The standard InChI is InChI=1S/C10H17NO2/c1-3-5-6-9(8-11)7-10(12)13-4-2/h3,7H,1,4-6,8,11H2,2H3. The van der Waals surface area contributed by atoms with Gasteiger partial charge in [-0.25, -0.2) is 4.79 Å². The topological polar surface area (TPSA) is 52.3 Å². The molecule has 0 aromatic heterocycles. The molecule has 0 amide bonds. The molecule has 0 atom stereocenters. The fraction of sp³-hybridized carbons (Fsp3) is 0.500. The summed E-state index contributed by atoms with van der Waals surface area (Å²) in [4.78, 5) is 11.0. The zero-order valence-corrected chi connectivity index (χ0v) is 8.08. The van der Waals surface area contributed by atoms with Gasteiger partial charge in [-0.1, -0.05) is 6.08 Å².